The van der Waals surface area contributed by atoms with E-state index in [1.54, 1.807) is 32.3 Å². The minimum absolute atomic E-state index is 0.0521. The zero-order valence-corrected chi connectivity index (χ0v) is 12.6. The lowest BCUT2D eigenvalue weighted by molar-refractivity contribution is -0.120. The second-order valence-electron chi connectivity index (χ2n) is 5.01. The number of nitrogens with zero attached hydrogens (tertiary/aromatic N) is 1. The number of carbonyl (C=O) groups excluding carboxylic acids is 2. The van der Waals surface area contributed by atoms with E-state index in [9.17, 15) is 9.59 Å². The molecule has 1 atom stereocenters. The number of hydrogen-bond acceptors (Lipinski definition) is 3. The Bertz CT molecular complexity index is 472. The second-order valence-corrected chi connectivity index (χ2v) is 5.01. The molecule has 1 aromatic carbocycles. The Morgan fingerprint density at radius 2 is 2.00 bits per heavy atom. The summed E-state index contributed by atoms with van der Waals surface area (Å²) < 4.78 is 0. The monoisotopic (exact) mass is 277 g/mol. The van der Waals surface area contributed by atoms with E-state index in [1.807, 2.05) is 19.9 Å². The fraction of sp³-hybridized carbons (Fsp3) is 0.467. The van der Waals surface area contributed by atoms with E-state index in [4.69, 9.17) is 0 Å². The molecule has 0 heterocycles. The Balaban J connectivity index is 2.59. The number of anilines is 1. The summed E-state index contributed by atoms with van der Waals surface area (Å²) in [5, 5.41) is 5.90. The number of amides is 2. The first-order chi connectivity index (χ1) is 9.43. The van der Waals surface area contributed by atoms with Gasteiger partial charge >= 0.3 is 0 Å². The number of carbonyl (C=O) groups is 2. The van der Waals surface area contributed by atoms with Crippen LogP contribution in [0.1, 0.15) is 30.6 Å². The summed E-state index contributed by atoms with van der Waals surface area (Å²) >= 11 is 0. The van der Waals surface area contributed by atoms with Crippen LogP contribution in [0, 0.1) is 0 Å². The van der Waals surface area contributed by atoms with Crippen molar-refractivity contribution in [2.45, 2.75) is 26.3 Å². The van der Waals surface area contributed by atoms with Crippen molar-refractivity contribution < 1.29 is 9.59 Å². The highest BCUT2D eigenvalue weighted by Crippen LogP contribution is 2.11. The predicted molar refractivity (Wildman–Crippen MR) is 80.8 cm³/mol. The quantitative estimate of drug-likeness (QED) is 0.832. The molecule has 1 rings (SSSR count). The van der Waals surface area contributed by atoms with Crippen molar-refractivity contribution in [2.75, 3.05) is 26.0 Å². The van der Waals surface area contributed by atoms with Crippen LogP contribution in [-0.4, -0.2) is 43.4 Å². The van der Waals surface area contributed by atoms with Gasteiger partial charge in [-0.25, -0.2) is 0 Å². The molecule has 5 nitrogen and oxygen atoms in total. The molecule has 20 heavy (non-hydrogen) atoms. The van der Waals surface area contributed by atoms with E-state index in [1.165, 1.54) is 4.90 Å². The van der Waals surface area contributed by atoms with Gasteiger partial charge in [-0.05, 0) is 31.5 Å². The molecule has 0 radical (unpaired) electrons. The zero-order chi connectivity index (χ0) is 15.1. The van der Waals surface area contributed by atoms with E-state index in [-0.39, 0.29) is 24.4 Å². The standard InChI is InChI=1S/C15H23N3O2/c1-5-11(2)17-14(19)10-16-13-8-6-7-12(9-13)15(20)18(3)4/h6-9,11,16H,5,10H2,1-4H3,(H,17,19). The molecule has 2 amide bonds. The largest absolute Gasteiger partial charge is 0.376 e. The molecule has 0 spiro atoms. The fourth-order valence-electron chi connectivity index (χ4n) is 1.63. The van der Waals surface area contributed by atoms with Gasteiger partial charge in [-0.3, -0.25) is 9.59 Å². The van der Waals surface area contributed by atoms with Gasteiger partial charge in [0, 0.05) is 31.4 Å². The summed E-state index contributed by atoms with van der Waals surface area (Å²) in [6.45, 7) is 4.19. The SMILES string of the molecule is CCC(C)NC(=O)CNc1cccc(C(=O)N(C)C)c1. The van der Waals surface area contributed by atoms with Gasteiger partial charge in [-0.15, -0.1) is 0 Å². The minimum Gasteiger partial charge on any atom is -0.376 e. The van der Waals surface area contributed by atoms with Crippen molar-refractivity contribution >= 4 is 17.5 Å². The molecular weight excluding hydrogens is 254 g/mol. The Morgan fingerprint density at radius 3 is 2.60 bits per heavy atom. The molecule has 0 aliphatic rings. The highest BCUT2D eigenvalue weighted by Gasteiger charge is 2.09. The molecule has 0 saturated heterocycles. The van der Waals surface area contributed by atoms with Crippen LogP contribution in [-0.2, 0) is 4.79 Å². The van der Waals surface area contributed by atoms with Crippen LogP contribution in [0.15, 0.2) is 24.3 Å². The predicted octanol–water partition coefficient (Wildman–Crippen LogP) is 1.71. The highest BCUT2D eigenvalue weighted by molar-refractivity contribution is 5.95. The lowest BCUT2D eigenvalue weighted by atomic mass is 10.2. The lowest BCUT2D eigenvalue weighted by Crippen LogP contribution is -2.36. The molecule has 0 saturated carbocycles. The lowest BCUT2D eigenvalue weighted by Gasteiger charge is -2.14. The molecule has 0 aliphatic carbocycles. The second kappa shape index (κ2) is 7.53. The van der Waals surface area contributed by atoms with Gasteiger partial charge in [0.2, 0.25) is 5.91 Å². The summed E-state index contributed by atoms with van der Waals surface area (Å²) in [5.74, 6) is -0.110. The smallest absolute Gasteiger partial charge is 0.253 e. The molecule has 1 unspecified atom stereocenters. The zero-order valence-electron chi connectivity index (χ0n) is 12.6. The van der Waals surface area contributed by atoms with Gasteiger partial charge in [0.05, 0.1) is 6.54 Å². The van der Waals surface area contributed by atoms with Crippen LogP contribution < -0.4 is 10.6 Å². The maximum Gasteiger partial charge on any atom is 0.253 e. The molecule has 110 valence electrons. The first-order valence-electron chi connectivity index (χ1n) is 6.79. The van der Waals surface area contributed by atoms with Crippen molar-refractivity contribution in [1.82, 2.24) is 10.2 Å². The third-order valence-corrected chi connectivity index (χ3v) is 2.99. The van der Waals surface area contributed by atoms with Crippen LogP contribution in [0.3, 0.4) is 0 Å². The molecule has 0 bridgehead atoms. The minimum atomic E-state index is -0.0577. The van der Waals surface area contributed by atoms with Gasteiger partial charge in [-0.1, -0.05) is 13.0 Å². The fourth-order valence-corrected chi connectivity index (χ4v) is 1.63. The number of hydrogen-bond donors (Lipinski definition) is 2. The molecule has 2 N–H and O–H groups in total. The van der Waals surface area contributed by atoms with Crippen LogP contribution in [0.5, 0.6) is 0 Å². The van der Waals surface area contributed by atoms with Crippen LogP contribution in [0.25, 0.3) is 0 Å². The van der Waals surface area contributed by atoms with Crippen LogP contribution in [0.2, 0.25) is 0 Å². The van der Waals surface area contributed by atoms with E-state index < -0.39 is 0 Å². The Morgan fingerprint density at radius 1 is 1.30 bits per heavy atom. The third kappa shape index (κ3) is 4.91. The van der Waals surface area contributed by atoms with Gasteiger partial charge in [0.15, 0.2) is 0 Å². The topological polar surface area (TPSA) is 61.4 Å². The average molecular weight is 277 g/mol. The van der Waals surface area contributed by atoms with Crippen LogP contribution in [0.4, 0.5) is 5.69 Å². The Kier molecular flexibility index (Phi) is 6.03. The van der Waals surface area contributed by atoms with E-state index >= 15 is 0 Å². The van der Waals surface area contributed by atoms with E-state index in [0.717, 1.165) is 12.1 Å². The molecule has 5 heteroatoms. The van der Waals surface area contributed by atoms with Gasteiger partial charge < -0.3 is 15.5 Å². The van der Waals surface area contributed by atoms with Crippen LogP contribution >= 0.6 is 0 Å². The molecule has 0 fully saturated rings. The maximum atomic E-state index is 11.8. The first-order valence-corrected chi connectivity index (χ1v) is 6.79. The Hall–Kier alpha value is -2.04. The number of rotatable bonds is 6. The van der Waals surface area contributed by atoms with Crippen molar-refractivity contribution in [1.29, 1.82) is 0 Å². The van der Waals surface area contributed by atoms with E-state index in [2.05, 4.69) is 10.6 Å². The highest BCUT2D eigenvalue weighted by atomic mass is 16.2. The van der Waals surface area contributed by atoms with Crippen molar-refractivity contribution in [3.63, 3.8) is 0 Å². The van der Waals surface area contributed by atoms with Gasteiger partial charge in [0.25, 0.3) is 5.91 Å². The maximum absolute atomic E-state index is 11.8. The summed E-state index contributed by atoms with van der Waals surface area (Å²) in [6, 6.07) is 7.31. The first kappa shape index (κ1) is 16.0. The summed E-state index contributed by atoms with van der Waals surface area (Å²) in [4.78, 5) is 25.0. The van der Waals surface area contributed by atoms with E-state index in [0.29, 0.717) is 5.56 Å². The summed E-state index contributed by atoms with van der Waals surface area (Å²) in [6.07, 6.45) is 0.901. The number of benzene rings is 1. The molecule has 1 aromatic rings. The summed E-state index contributed by atoms with van der Waals surface area (Å²) in [7, 11) is 3.42. The van der Waals surface area contributed by atoms with Crippen molar-refractivity contribution in [3.05, 3.63) is 29.8 Å². The molecule has 0 aromatic heterocycles. The third-order valence-electron chi connectivity index (χ3n) is 2.99. The normalized spacial score (nSPS) is 11.6. The van der Waals surface area contributed by atoms with Gasteiger partial charge in [-0.2, -0.15) is 0 Å². The van der Waals surface area contributed by atoms with Crippen molar-refractivity contribution in [3.8, 4) is 0 Å². The summed E-state index contributed by atoms with van der Waals surface area (Å²) in [5.41, 5.74) is 1.36. The Labute approximate surface area is 120 Å². The van der Waals surface area contributed by atoms with Crippen molar-refractivity contribution in [2.24, 2.45) is 0 Å². The number of nitrogens with one attached hydrogen (secondary N) is 2. The van der Waals surface area contributed by atoms with Gasteiger partial charge in [0.1, 0.15) is 0 Å². The molecule has 0 aliphatic heterocycles. The average Bonchev–Trinajstić information content (AvgIpc) is 2.44. The molecular formula is C15H23N3O2.